The minimum atomic E-state index is -1.03. The van der Waals surface area contributed by atoms with Gasteiger partial charge in [0.25, 0.3) is 0 Å². The number of nitrogens with one attached hydrogen (secondary N) is 1. The van der Waals surface area contributed by atoms with Crippen LogP contribution in [0, 0.1) is 0 Å². The number of ether oxygens (including phenoxy) is 3. The van der Waals surface area contributed by atoms with Crippen molar-refractivity contribution in [3.05, 3.63) is 107 Å². The molecule has 0 unspecified atom stereocenters. The maximum atomic E-state index is 11.7. The van der Waals surface area contributed by atoms with Crippen molar-refractivity contribution in [1.29, 1.82) is 0 Å². The maximum absolute atomic E-state index is 11.7. The molecule has 3 aromatic rings. The van der Waals surface area contributed by atoms with Crippen LogP contribution < -0.4 is 5.32 Å². The predicted octanol–water partition coefficient (Wildman–Crippen LogP) is 5.02. The molecule has 4 rings (SSSR count). The number of rotatable bonds is 11. The number of amides is 1. The molecule has 3 atom stereocenters. The molecule has 9 nitrogen and oxygen atoms in total. The number of hydrogen-bond donors (Lipinski definition) is 3. The van der Waals surface area contributed by atoms with E-state index in [1.165, 1.54) is 23.9 Å². The largest absolute Gasteiger partial charge is 0.478 e. The quantitative estimate of drug-likeness (QED) is 0.223. The fourth-order valence-corrected chi connectivity index (χ4v) is 5.02. The zero-order valence-corrected chi connectivity index (χ0v) is 22.0. The lowest BCUT2D eigenvalue weighted by molar-refractivity contribution is -0.245. The number of carbonyl (C=O) groups excluding carboxylic acids is 1. The van der Waals surface area contributed by atoms with Crippen molar-refractivity contribution in [2.75, 3.05) is 12.4 Å². The summed E-state index contributed by atoms with van der Waals surface area (Å²) in [6.45, 7) is 3.92. The van der Waals surface area contributed by atoms with E-state index in [0.717, 1.165) is 22.3 Å². The number of hydrogen-bond acceptors (Lipinski definition) is 8. The first-order chi connectivity index (χ1) is 19.0. The summed E-state index contributed by atoms with van der Waals surface area (Å²) >= 11 is 1.34. The minimum Gasteiger partial charge on any atom is -0.478 e. The molecule has 0 saturated carbocycles. The van der Waals surface area contributed by atoms with Gasteiger partial charge in [-0.25, -0.2) is 14.6 Å². The monoisotopic (exact) mass is 550 g/mol. The Morgan fingerprint density at radius 1 is 1.08 bits per heavy atom. The normalized spacial score (nSPS) is 18.7. The average Bonchev–Trinajstić information content (AvgIpc) is 2.98. The number of alkyl carbamates (subject to hydrolysis) is 1. The number of nitrogens with zero attached hydrogens (tertiary/aromatic N) is 1. The van der Waals surface area contributed by atoms with Crippen LogP contribution >= 0.6 is 11.8 Å². The van der Waals surface area contributed by atoms with Gasteiger partial charge in [0.2, 0.25) is 0 Å². The number of aromatic carboxylic acids is 1. The van der Waals surface area contributed by atoms with Gasteiger partial charge in [-0.15, -0.1) is 11.8 Å². The van der Waals surface area contributed by atoms with Gasteiger partial charge in [0.1, 0.15) is 11.6 Å². The molecule has 0 spiro atoms. The molecule has 1 aliphatic heterocycles. The first kappa shape index (κ1) is 28.3. The van der Waals surface area contributed by atoms with Gasteiger partial charge in [-0.05, 0) is 28.8 Å². The molecule has 2 aromatic carbocycles. The van der Waals surface area contributed by atoms with E-state index in [9.17, 15) is 19.8 Å². The smallest absolute Gasteiger partial charge is 0.407 e. The number of aliphatic hydroxyl groups excluding tert-OH is 1. The van der Waals surface area contributed by atoms with Crippen molar-refractivity contribution in [3.8, 4) is 0 Å². The molecule has 1 saturated heterocycles. The van der Waals surface area contributed by atoms with Crippen LogP contribution in [0.1, 0.15) is 51.4 Å². The second-order valence-electron chi connectivity index (χ2n) is 8.80. The van der Waals surface area contributed by atoms with E-state index in [2.05, 4.69) is 16.9 Å². The summed E-state index contributed by atoms with van der Waals surface area (Å²) in [5.41, 5.74) is 3.61. The van der Waals surface area contributed by atoms with E-state index in [1.54, 1.807) is 12.3 Å². The standard InChI is InChI=1S/C29H30N2O7S/c1-2-14-36-29(35)31-16-19-5-11-22(12-6-19)28-37-23(18-39-26-24(27(33)34)4-3-13-30-26)15-25(38-28)21-9-7-20(17-32)8-10-21/h2-13,23,25,28,32H,1,14-18H2,(H,31,35)(H,33,34)/t23-,25+,28+/m1/s1. The van der Waals surface area contributed by atoms with Crippen LogP contribution in [-0.4, -0.2) is 45.7 Å². The molecule has 39 heavy (non-hydrogen) atoms. The molecule has 204 valence electrons. The molecular weight excluding hydrogens is 520 g/mol. The number of carboxylic acid groups (broad SMARTS) is 1. The third-order valence-corrected chi connectivity index (χ3v) is 7.18. The molecule has 2 heterocycles. The van der Waals surface area contributed by atoms with Gasteiger partial charge in [-0.2, -0.15) is 0 Å². The fraction of sp³-hybridized carbons (Fsp3) is 0.276. The van der Waals surface area contributed by atoms with Gasteiger partial charge >= 0.3 is 12.1 Å². The van der Waals surface area contributed by atoms with Crippen LogP contribution in [0.25, 0.3) is 0 Å². The van der Waals surface area contributed by atoms with Gasteiger partial charge in [-0.1, -0.05) is 61.2 Å². The van der Waals surface area contributed by atoms with E-state index >= 15 is 0 Å². The Labute approximate surface area is 230 Å². The SMILES string of the molecule is C=CCOC(=O)NCc1ccc([C@H]2O[C@@H](CSc3ncccc3C(=O)O)C[C@@H](c3ccc(CO)cc3)O2)cc1. The number of carboxylic acids is 1. The highest BCUT2D eigenvalue weighted by molar-refractivity contribution is 7.99. The van der Waals surface area contributed by atoms with Crippen LogP contribution in [0.3, 0.4) is 0 Å². The Hall–Kier alpha value is -3.70. The van der Waals surface area contributed by atoms with E-state index in [4.69, 9.17) is 14.2 Å². The summed E-state index contributed by atoms with van der Waals surface area (Å²) in [6, 6.07) is 18.3. The number of carbonyl (C=O) groups is 2. The molecule has 1 aliphatic rings. The molecule has 3 N–H and O–H groups in total. The lowest BCUT2D eigenvalue weighted by Crippen LogP contribution is -2.31. The number of aliphatic hydroxyl groups is 1. The van der Waals surface area contributed by atoms with Crippen molar-refractivity contribution in [2.45, 2.75) is 43.1 Å². The third-order valence-electron chi connectivity index (χ3n) is 6.04. The summed E-state index contributed by atoms with van der Waals surface area (Å²) in [4.78, 5) is 27.5. The second kappa shape index (κ2) is 13.9. The predicted molar refractivity (Wildman–Crippen MR) is 145 cm³/mol. The Balaban J connectivity index is 1.48. The highest BCUT2D eigenvalue weighted by Crippen LogP contribution is 2.39. The zero-order chi connectivity index (χ0) is 27.6. The first-order valence-electron chi connectivity index (χ1n) is 12.4. The molecule has 1 fully saturated rings. The summed E-state index contributed by atoms with van der Waals surface area (Å²) < 4.78 is 17.6. The highest BCUT2D eigenvalue weighted by atomic mass is 32.2. The fourth-order valence-electron chi connectivity index (χ4n) is 4.02. The van der Waals surface area contributed by atoms with Crippen molar-refractivity contribution >= 4 is 23.8 Å². The van der Waals surface area contributed by atoms with Crippen LogP contribution in [0.4, 0.5) is 4.79 Å². The van der Waals surface area contributed by atoms with Crippen LogP contribution in [0.5, 0.6) is 0 Å². The summed E-state index contributed by atoms with van der Waals surface area (Å²) in [6.07, 6.45) is 1.93. The van der Waals surface area contributed by atoms with Gasteiger partial charge < -0.3 is 29.7 Å². The summed E-state index contributed by atoms with van der Waals surface area (Å²) in [7, 11) is 0. The van der Waals surface area contributed by atoms with Crippen LogP contribution in [-0.2, 0) is 27.4 Å². The van der Waals surface area contributed by atoms with E-state index < -0.39 is 18.4 Å². The van der Waals surface area contributed by atoms with Gasteiger partial charge in [-0.3, -0.25) is 0 Å². The Morgan fingerprint density at radius 2 is 1.79 bits per heavy atom. The van der Waals surface area contributed by atoms with Gasteiger partial charge in [0.15, 0.2) is 6.29 Å². The van der Waals surface area contributed by atoms with Crippen LogP contribution in [0.2, 0.25) is 0 Å². The molecule has 0 bridgehead atoms. The first-order valence-corrected chi connectivity index (χ1v) is 13.4. The summed E-state index contributed by atoms with van der Waals surface area (Å²) in [5, 5.41) is 22.0. The maximum Gasteiger partial charge on any atom is 0.407 e. The number of benzene rings is 2. The molecule has 0 aliphatic carbocycles. The molecule has 10 heteroatoms. The summed E-state index contributed by atoms with van der Waals surface area (Å²) in [5.74, 6) is -0.543. The van der Waals surface area contributed by atoms with Gasteiger partial charge in [0.05, 0.1) is 24.4 Å². The highest BCUT2D eigenvalue weighted by Gasteiger charge is 2.32. The average molecular weight is 551 g/mol. The van der Waals surface area contributed by atoms with Crippen molar-refractivity contribution in [3.63, 3.8) is 0 Å². The number of thioether (sulfide) groups is 1. The third kappa shape index (κ3) is 7.90. The Bertz CT molecular complexity index is 1270. The van der Waals surface area contributed by atoms with Crippen molar-refractivity contribution < 1.29 is 34.0 Å². The minimum absolute atomic E-state index is 0.0417. The van der Waals surface area contributed by atoms with Crippen molar-refractivity contribution in [2.24, 2.45) is 0 Å². The molecular formula is C29H30N2O7S. The Kier molecular flexibility index (Phi) is 10.1. The Morgan fingerprint density at radius 3 is 2.49 bits per heavy atom. The number of pyridine rings is 1. The van der Waals surface area contributed by atoms with Gasteiger partial charge in [0, 0.05) is 30.5 Å². The molecule has 0 radical (unpaired) electrons. The molecule has 1 aromatic heterocycles. The second-order valence-corrected chi connectivity index (χ2v) is 9.81. The van der Waals surface area contributed by atoms with E-state index in [1.807, 2.05) is 48.5 Å². The lowest BCUT2D eigenvalue weighted by Gasteiger charge is -2.36. The number of aromatic nitrogens is 1. The van der Waals surface area contributed by atoms with E-state index in [-0.39, 0.29) is 31.0 Å². The molecule has 1 amide bonds. The van der Waals surface area contributed by atoms with Crippen molar-refractivity contribution in [1.82, 2.24) is 10.3 Å². The van der Waals surface area contributed by atoms with Crippen LogP contribution in [0.15, 0.2) is 84.5 Å². The van der Waals surface area contributed by atoms with E-state index in [0.29, 0.717) is 23.7 Å². The lowest BCUT2D eigenvalue weighted by atomic mass is 10.0. The topological polar surface area (TPSA) is 127 Å². The zero-order valence-electron chi connectivity index (χ0n) is 21.2.